The summed E-state index contributed by atoms with van der Waals surface area (Å²) in [7, 11) is -1.86. The van der Waals surface area contributed by atoms with Crippen LogP contribution in [0.2, 0.25) is 0 Å². The molecule has 0 radical (unpaired) electrons. The van der Waals surface area contributed by atoms with Gasteiger partial charge in [-0.05, 0) is 74.0 Å². The minimum Gasteiger partial charge on any atom is -0.379 e. The number of benzene rings is 2. The summed E-state index contributed by atoms with van der Waals surface area (Å²) in [5, 5.41) is 2.87. The largest absolute Gasteiger partial charge is 0.379 e. The summed E-state index contributed by atoms with van der Waals surface area (Å²) in [6.07, 6.45) is 1.78. The fourth-order valence-electron chi connectivity index (χ4n) is 3.84. The van der Waals surface area contributed by atoms with E-state index >= 15 is 0 Å². The van der Waals surface area contributed by atoms with Crippen LogP contribution in [0.4, 0.5) is 5.82 Å². The summed E-state index contributed by atoms with van der Waals surface area (Å²) in [5.41, 5.74) is 2.74. The molecule has 2 aromatic carbocycles. The number of anilines is 1. The second kappa shape index (κ2) is 10.5. The Morgan fingerprint density at radius 3 is 2.37 bits per heavy atom. The maximum atomic E-state index is 12.7. The zero-order valence-electron chi connectivity index (χ0n) is 20.2. The minimum atomic E-state index is -3.97. The van der Waals surface area contributed by atoms with Gasteiger partial charge in [-0.25, -0.2) is 4.98 Å². The van der Waals surface area contributed by atoms with Gasteiger partial charge in [0.25, 0.3) is 5.91 Å². The standard InChI is InChI=1S/C26H30N4O4S/c1-19-4-5-20(2)24(16-19)35(32,33)34-23-9-7-22(8-10-23)26(31)28-18-21-6-11-25(27-17-21)30-14-12-29(3)13-15-30/h4-11,16-17H,12-15,18H2,1-3H3,(H,28,31). The van der Waals surface area contributed by atoms with Crippen molar-refractivity contribution < 1.29 is 17.4 Å². The first-order valence-electron chi connectivity index (χ1n) is 11.5. The molecule has 184 valence electrons. The molecule has 2 heterocycles. The van der Waals surface area contributed by atoms with E-state index in [1.807, 2.05) is 25.1 Å². The highest BCUT2D eigenvalue weighted by atomic mass is 32.2. The number of amides is 1. The fourth-order valence-corrected chi connectivity index (χ4v) is 5.09. The van der Waals surface area contributed by atoms with Gasteiger partial charge >= 0.3 is 10.1 Å². The number of hydrogen-bond acceptors (Lipinski definition) is 7. The lowest BCUT2D eigenvalue weighted by Crippen LogP contribution is -2.44. The molecule has 1 aliphatic rings. The maximum absolute atomic E-state index is 12.7. The van der Waals surface area contributed by atoms with Crippen molar-refractivity contribution in [1.82, 2.24) is 15.2 Å². The van der Waals surface area contributed by atoms with Gasteiger partial charge in [0, 0.05) is 44.5 Å². The third-order valence-electron chi connectivity index (χ3n) is 6.02. The quantitative estimate of drug-likeness (QED) is 0.505. The molecule has 4 rings (SSSR count). The fraction of sp³-hybridized carbons (Fsp3) is 0.308. The van der Waals surface area contributed by atoms with Crippen LogP contribution in [0.25, 0.3) is 0 Å². The minimum absolute atomic E-state index is 0.131. The number of likely N-dealkylation sites (N-methyl/N-ethyl adjacent to an activating group) is 1. The van der Waals surface area contributed by atoms with Crippen LogP contribution in [0.5, 0.6) is 5.75 Å². The Bertz CT molecular complexity index is 1280. The summed E-state index contributed by atoms with van der Waals surface area (Å²) in [5.74, 6) is 0.822. The number of pyridine rings is 1. The molecule has 0 bridgehead atoms. The van der Waals surface area contributed by atoms with E-state index in [0.717, 1.165) is 43.1 Å². The van der Waals surface area contributed by atoms with Gasteiger partial charge in [0.05, 0.1) is 0 Å². The van der Waals surface area contributed by atoms with Crippen LogP contribution in [-0.2, 0) is 16.7 Å². The number of piperazine rings is 1. The maximum Gasteiger partial charge on any atom is 0.339 e. The lowest BCUT2D eigenvalue weighted by Gasteiger charge is -2.33. The lowest BCUT2D eigenvalue weighted by molar-refractivity contribution is 0.0951. The van der Waals surface area contributed by atoms with Gasteiger partial charge in [-0.15, -0.1) is 0 Å². The Morgan fingerprint density at radius 1 is 1.00 bits per heavy atom. The monoisotopic (exact) mass is 494 g/mol. The summed E-state index contributed by atoms with van der Waals surface area (Å²) in [6.45, 7) is 7.81. The molecular weight excluding hydrogens is 464 g/mol. The first-order chi connectivity index (χ1) is 16.7. The van der Waals surface area contributed by atoms with Gasteiger partial charge in [0.15, 0.2) is 0 Å². The van der Waals surface area contributed by atoms with Crippen molar-refractivity contribution in [3.05, 3.63) is 83.0 Å². The molecule has 3 aromatic rings. The SMILES string of the molecule is Cc1ccc(C)c(S(=O)(=O)Oc2ccc(C(=O)NCc3ccc(N4CCN(C)CC4)nc3)cc2)c1. The van der Waals surface area contributed by atoms with Crippen molar-refractivity contribution >= 4 is 21.8 Å². The van der Waals surface area contributed by atoms with Gasteiger partial charge in [0.1, 0.15) is 16.5 Å². The van der Waals surface area contributed by atoms with Crippen molar-refractivity contribution in [2.75, 3.05) is 38.1 Å². The van der Waals surface area contributed by atoms with Crippen molar-refractivity contribution in [3.63, 3.8) is 0 Å². The molecule has 9 heteroatoms. The van der Waals surface area contributed by atoms with Crippen LogP contribution < -0.4 is 14.4 Å². The molecular formula is C26H30N4O4S. The number of nitrogens with zero attached hydrogens (tertiary/aromatic N) is 3. The zero-order valence-corrected chi connectivity index (χ0v) is 21.0. The van der Waals surface area contributed by atoms with Gasteiger partial charge < -0.3 is 19.3 Å². The number of carbonyl (C=O) groups is 1. The Hall–Kier alpha value is -3.43. The molecule has 0 aliphatic carbocycles. The molecule has 1 saturated heterocycles. The molecule has 1 fully saturated rings. The number of carbonyl (C=O) groups excluding carboxylic acids is 1. The van der Waals surface area contributed by atoms with Crippen LogP contribution in [0.15, 0.2) is 65.7 Å². The van der Waals surface area contributed by atoms with Crippen LogP contribution >= 0.6 is 0 Å². The first-order valence-corrected chi connectivity index (χ1v) is 12.9. The van der Waals surface area contributed by atoms with Crippen molar-refractivity contribution in [3.8, 4) is 5.75 Å². The van der Waals surface area contributed by atoms with E-state index in [4.69, 9.17) is 4.18 Å². The highest BCUT2D eigenvalue weighted by Crippen LogP contribution is 2.23. The van der Waals surface area contributed by atoms with Crippen LogP contribution in [0.1, 0.15) is 27.0 Å². The van der Waals surface area contributed by atoms with Gasteiger partial charge in [-0.1, -0.05) is 18.2 Å². The van der Waals surface area contributed by atoms with E-state index in [1.165, 1.54) is 24.3 Å². The number of aryl methyl sites for hydroxylation is 2. The average Bonchev–Trinajstić information content (AvgIpc) is 2.85. The summed E-state index contributed by atoms with van der Waals surface area (Å²) >= 11 is 0. The molecule has 0 saturated carbocycles. The second-order valence-corrected chi connectivity index (χ2v) is 10.3. The normalized spacial score (nSPS) is 14.5. The molecule has 0 unspecified atom stereocenters. The molecule has 1 amide bonds. The van der Waals surface area contributed by atoms with Gasteiger partial charge in [-0.2, -0.15) is 8.42 Å². The molecule has 1 aromatic heterocycles. The summed E-state index contributed by atoms with van der Waals surface area (Å²) in [4.78, 5) is 21.8. The first kappa shape index (κ1) is 24.7. The Morgan fingerprint density at radius 2 is 1.71 bits per heavy atom. The lowest BCUT2D eigenvalue weighted by atomic mass is 10.2. The molecule has 35 heavy (non-hydrogen) atoms. The van der Waals surface area contributed by atoms with E-state index in [9.17, 15) is 13.2 Å². The van der Waals surface area contributed by atoms with Crippen molar-refractivity contribution in [1.29, 1.82) is 0 Å². The Labute approximate surface area is 206 Å². The molecule has 8 nitrogen and oxygen atoms in total. The van der Waals surface area contributed by atoms with Crippen molar-refractivity contribution in [2.45, 2.75) is 25.3 Å². The van der Waals surface area contributed by atoms with E-state index < -0.39 is 10.1 Å². The van der Waals surface area contributed by atoms with E-state index in [0.29, 0.717) is 17.7 Å². The second-order valence-electron chi connectivity index (χ2n) is 8.83. The number of rotatable bonds is 7. The number of hydrogen-bond donors (Lipinski definition) is 1. The predicted molar refractivity (Wildman–Crippen MR) is 135 cm³/mol. The van der Waals surface area contributed by atoms with Crippen molar-refractivity contribution in [2.24, 2.45) is 0 Å². The Kier molecular flexibility index (Phi) is 7.37. The van der Waals surface area contributed by atoms with Crippen LogP contribution in [-0.4, -0.2) is 57.4 Å². The molecule has 0 spiro atoms. The van der Waals surface area contributed by atoms with E-state index in [1.54, 1.807) is 25.3 Å². The smallest absolute Gasteiger partial charge is 0.339 e. The predicted octanol–water partition coefficient (Wildman–Crippen LogP) is 3.15. The van der Waals surface area contributed by atoms with E-state index in [-0.39, 0.29) is 16.6 Å². The van der Waals surface area contributed by atoms with Gasteiger partial charge in [-0.3, -0.25) is 4.79 Å². The highest BCUT2D eigenvalue weighted by molar-refractivity contribution is 7.87. The number of aromatic nitrogens is 1. The molecule has 1 aliphatic heterocycles. The van der Waals surface area contributed by atoms with Crippen LogP contribution in [0.3, 0.4) is 0 Å². The Balaban J connectivity index is 1.33. The van der Waals surface area contributed by atoms with Gasteiger partial charge in [0.2, 0.25) is 0 Å². The summed E-state index contributed by atoms with van der Waals surface area (Å²) in [6, 6.07) is 15.2. The topological polar surface area (TPSA) is 91.8 Å². The van der Waals surface area contributed by atoms with Crippen LogP contribution in [0, 0.1) is 13.8 Å². The summed E-state index contributed by atoms with van der Waals surface area (Å²) < 4.78 is 30.6. The number of nitrogens with one attached hydrogen (secondary N) is 1. The van der Waals surface area contributed by atoms with E-state index in [2.05, 4.69) is 27.1 Å². The molecule has 1 N–H and O–H groups in total. The highest BCUT2D eigenvalue weighted by Gasteiger charge is 2.20. The molecule has 0 atom stereocenters. The average molecular weight is 495 g/mol. The zero-order chi connectivity index (χ0) is 25.0. The third kappa shape index (κ3) is 6.17. The third-order valence-corrected chi connectivity index (χ3v) is 7.42.